The van der Waals surface area contributed by atoms with Gasteiger partial charge in [-0.2, -0.15) is 0 Å². The summed E-state index contributed by atoms with van der Waals surface area (Å²) in [5.74, 6) is 0.751. The van der Waals surface area contributed by atoms with Crippen LogP contribution in [0.5, 0.6) is 5.75 Å². The van der Waals surface area contributed by atoms with E-state index in [-0.39, 0.29) is 11.9 Å². The maximum Gasteiger partial charge on any atom is 0.268 e. The summed E-state index contributed by atoms with van der Waals surface area (Å²) in [6.07, 6.45) is 5.56. The van der Waals surface area contributed by atoms with E-state index in [0.717, 1.165) is 36.4 Å². The molecule has 1 amide bonds. The second-order valence-electron chi connectivity index (χ2n) is 6.58. The van der Waals surface area contributed by atoms with Gasteiger partial charge in [-0.25, -0.2) is 0 Å². The molecule has 2 aromatic rings. The number of hydrogen-bond acceptors (Lipinski definition) is 5. The highest BCUT2D eigenvalue weighted by atomic mass is 32.1. The number of aryl methyl sites for hydroxylation is 1. The Kier molecular flexibility index (Phi) is 5.71. The average Bonchev–Trinajstić information content (AvgIpc) is 3.02. The zero-order valence-electron chi connectivity index (χ0n) is 15.1. The molecule has 0 bridgehead atoms. The minimum Gasteiger partial charge on any atom is -0.495 e. The van der Waals surface area contributed by atoms with E-state index in [4.69, 9.17) is 4.74 Å². The number of aromatic nitrogens is 1. The van der Waals surface area contributed by atoms with Crippen LogP contribution in [0.3, 0.4) is 0 Å². The molecular formula is C19H25N3O2S. The monoisotopic (exact) mass is 359 g/mol. The van der Waals surface area contributed by atoms with Crippen molar-refractivity contribution >= 4 is 17.2 Å². The minimum absolute atomic E-state index is 0.0707. The molecule has 0 saturated carbocycles. The van der Waals surface area contributed by atoms with Gasteiger partial charge in [-0.15, -0.1) is 11.3 Å². The van der Waals surface area contributed by atoms with Crippen molar-refractivity contribution in [1.29, 1.82) is 0 Å². The summed E-state index contributed by atoms with van der Waals surface area (Å²) in [4.78, 5) is 23.6. The summed E-state index contributed by atoms with van der Waals surface area (Å²) in [7, 11) is 3.76. The summed E-state index contributed by atoms with van der Waals surface area (Å²) in [5, 5.41) is 0. The predicted octanol–water partition coefficient (Wildman–Crippen LogP) is 3.20. The molecule has 25 heavy (non-hydrogen) atoms. The van der Waals surface area contributed by atoms with Crippen molar-refractivity contribution in [3.8, 4) is 5.75 Å². The quantitative estimate of drug-likeness (QED) is 0.822. The fourth-order valence-electron chi connectivity index (χ4n) is 3.28. The predicted molar refractivity (Wildman–Crippen MR) is 100 cm³/mol. The fraction of sp³-hybridized carbons (Fsp3) is 0.474. The lowest BCUT2D eigenvalue weighted by Gasteiger charge is -2.37. The van der Waals surface area contributed by atoms with Gasteiger partial charge >= 0.3 is 0 Å². The van der Waals surface area contributed by atoms with Crippen LogP contribution in [-0.2, 0) is 6.54 Å². The van der Waals surface area contributed by atoms with E-state index in [0.29, 0.717) is 17.2 Å². The van der Waals surface area contributed by atoms with Crippen molar-refractivity contribution in [3.05, 3.63) is 45.9 Å². The maximum absolute atomic E-state index is 13.4. The molecule has 5 nitrogen and oxygen atoms in total. The number of carbonyl (C=O) groups excluding carboxylic acids is 1. The lowest BCUT2D eigenvalue weighted by Crippen LogP contribution is -2.46. The van der Waals surface area contributed by atoms with Crippen molar-refractivity contribution in [2.75, 3.05) is 27.2 Å². The van der Waals surface area contributed by atoms with Crippen LogP contribution in [0.4, 0.5) is 0 Å². The molecule has 0 aliphatic carbocycles. The molecule has 1 saturated heterocycles. The van der Waals surface area contributed by atoms with Crippen molar-refractivity contribution < 1.29 is 9.53 Å². The van der Waals surface area contributed by atoms with Gasteiger partial charge in [-0.05, 0) is 63.7 Å². The molecule has 3 heterocycles. The molecule has 2 aromatic heterocycles. The van der Waals surface area contributed by atoms with Gasteiger partial charge in [0, 0.05) is 29.9 Å². The minimum atomic E-state index is 0.0707. The third kappa shape index (κ3) is 4.19. The number of piperidine rings is 1. The second kappa shape index (κ2) is 7.97. The Hall–Kier alpha value is -1.92. The summed E-state index contributed by atoms with van der Waals surface area (Å²) >= 11 is 1.51. The number of amides is 1. The fourth-order valence-corrected chi connectivity index (χ4v) is 4.22. The molecule has 134 valence electrons. The van der Waals surface area contributed by atoms with E-state index in [2.05, 4.69) is 16.9 Å². The summed E-state index contributed by atoms with van der Waals surface area (Å²) in [6.45, 7) is 4.65. The highest BCUT2D eigenvalue weighted by Gasteiger charge is 2.30. The first kappa shape index (κ1) is 17.9. The van der Waals surface area contributed by atoms with Gasteiger partial charge in [0.15, 0.2) is 0 Å². The number of rotatable bonds is 5. The number of pyridine rings is 1. The topological polar surface area (TPSA) is 45.7 Å². The van der Waals surface area contributed by atoms with Crippen molar-refractivity contribution in [1.82, 2.24) is 14.8 Å². The van der Waals surface area contributed by atoms with Gasteiger partial charge in [-0.1, -0.05) is 0 Å². The van der Waals surface area contributed by atoms with E-state index < -0.39 is 0 Å². The van der Waals surface area contributed by atoms with Gasteiger partial charge in [0.2, 0.25) is 0 Å². The second-order valence-corrected chi connectivity index (χ2v) is 7.83. The Labute approximate surface area is 153 Å². The van der Waals surface area contributed by atoms with Crippen LogP contribution in [-0.4, -0.2) is 54.0 Å². The number of methoxy groups -OCH3 is 1. The van der Waals surface area contributed by atoms with Crippen LogP contribution in [0.25, 0.3) is 0 Å². The number of ether oxygens (including phenoxy) is 1. The van der Waals surface area contributed by atoms with E-state index in [9.17, 15) is 4.79 Å². The molecule has 0 N–H and O–H groups in total. The molecule has 1 fully saturated rings. The third-order valence-electron chi connectivity index (χ3n) is 4.73. The van der Waals surface area contributed by atoms with Crippen LogP contribution >= 0.6 is 11.3 Å². The first-order chi connectivity index (χ1) is 12.1. The zero-order valence-corrected chi connectivity index (χ0v) is 15.9. The third-order valence-corrected chi connectivity index (χ3v) is 5.75. The summed E-state index contributed by atoms with van der Waals surface area (Å²) in [6, 6.07) is 6.15. The highest BCUT2D eigenvalue weighted by Crippen LogP contribution is 2.32. The first-order valence-electron chi connectivity index (χ1n) is 8.61. The largest absolute Gasteiger partial charge is 0.495 e. The number of thiophene rings is 1. The molecule has 0 radical (unpaired) electrons. The lowest BCUT2D eigenvalue weighted by molar-refractivity contribution is 0.0571. The first-order valence-corrected chi connectivity index (χ1v) is 9.43. The van der Waals surface area contributed by atoms with Crippen LogP contribution < -0.4 is 4.74 Å². The van der Waals surface area contributed by atoms with Gasteiger partial charge in [0.1, 0.15) is 10.6 Å². The maximum atomic E-state index is 13.4. The van der Waals surface area contributed by atoms with Crippen molar-refractivity contribution in [2.45, 2.75) is 32.4 Å². The Balaban J connectivity index is 1.88. The van der Waals surface area contributed by atoms with Crippen LogP contribution in [0.2, 0.25) is 0 Å². The number of nitrogens with zero attached hydrogens (tertiary/aromatic N) is 3. The molecule has 3 rings (SSSR count). The summed E-state index contributed by atoms with van der Waals surface area (Å²) < 4.78 is 5.44. The Bertz CT molecular complexity index is 709. The molecule has 6 heteroatoms. The van der Waals surface area contributed by atoms with E-state index in [1.54, 1.807) is 19.5 Å². The molecule has 0 aromatic carbocycles. The van der Waals surface area contributed by atoms with Gasteiger partial charge in [-0.3, -0.25) is 9.78 Å². The van der Waals surface area contributed by atoms with E-state index >= 15 is 0 Å². The van der Waals surface area contributed by atoms with E-state index in [1.165, 1.54) is 11.3 Å². The zero-order chi connectivity index (χ0) is 17.8. The molecule has 0 spiro atoms. The van der Waals surface area contributed by atoms with Gasteiger partial charge in [0.05, 0.1) is 7.11 Å². The highest BCUT2D eigenvalue weighted by molar-refractivity contribution is 7.14. The number of likely N-dealkylation sites (tertiary alicyclic amines) is 1. The van der Waals surface area contributed by atoms with E-state index in [1.807, 2.05) is 30.0 Å². The smallest absolute Gasteiger partial charge is 0.268 e. The standard InChI is InChI=1S/C19H25N3O2S/c1-14-12-17(24-3)18(25-14)19(23)22(13-15-4-8-20-9-5-15)16-6-10-21(2)11-7-16/h4-5,8-9,12,16H,6-7,10-11,13H2,1-3H3. The number of carbonyl (C=O) groups is 1. The van der Waals surface area contributed by atoms with Crippen molar-refractivity contribution in [3.63, 3.8) is 0 Å². The SMILES string of the molecule is COc1cc(C)sc1C(=O)N(Cc1ccncc1)C1CCN(C)CC1. The van der Waals surface area contributed by atoms with Gasteiger partial charge < -0.3 is 14.5 Å². The van der Waals surface area contributed by atoms with Crippen LogP contribution in [0.15, 0.2) is 30.6 Å². The van der Waals surface area contributed by atoms with Crippen LogP contribution in [0.1, 0.15) is 33.0 Å². The molecule has 1 aliphatic heterocycles. The summed E-state index contributed by atoms with van der Waals surface area (Å²) in [5.41, 5.74) is 1.11. The Morgan fingerprint density at radius 3 is 2.68 bits per heavy atom. The lowest BCUT2D eigenvalue weighted by atomic mass is 10.0. The molecule has 0 unspecified atom stereocenters. The molecular weight excluding hydrogens is 334 g/mol. The average molecular weight is 359 g/mol. The Morgan fingerprint density at radius 1 is 1.36 bits per heavy atom. The molecule has 0 atom stereocenters. The number of hydrogen-bond donors (Lipinski definition) is 0. The van der Waals surface area contributed by atoms with Gasteiger partial charge in [0.25, 0.3) is 5.91 Å². The molecule has 1 aliphatic rings. The van der Waals surface area contributed by atoms with Crippen molar-refractivity contribution in [2.24, 2.45) is 0 Å². The van der Waals surface area contributed by atoms with Crippen LogP contribution in [0, 0.1) is 6.92 Å². The normalized spacial score (nSPS) is 16.0. The Morgan fingerprint density at radius 2 is 2.04 bits per heavy atom.